The number of rotatable bonds is 1. The molecule has 4 saturated carbocycles. The van der Waals surface area contributed by atoms with E-state index in [1.807, 2.05) is 0 Å². The zero-order chi connectivity index (χ0) is 15.5. The van der Waals surface area contributed by atoms with E-state index in [4.69, 9.17) is 0 Å². The minimum absolute atomic E-state index is 0.00565. The van der Waals surface area contributed by atoms with Crippen LogP contribution in [-0.2, 0) is 4.79 Å². The van der Waals surface area contributed by atoms with Crippen molar-refractivity contribution >= 4 is 5.78 Å². The summed E-state index contributed by atoms with van der Waals surface area (Å²) in [4.78, 5) is 11.9. The smallest absolute Gasteiger partial charge is 0.133 e. The number of Topliss-reactive ketones (excluding diaryl/α,β-unsaturated/α-hetero) is 1. The molecule has 0 aromatic heterocycles. The van der Waals surface area contributed by atoms with Crippen LogP contribution in [0.2, 0.25) is 0 Å². The molecule has 2 unspecified atom stereocenters. The Kier molecular flexibility index (Phi) is 3.47. The summed E-state index contributed by atoms with van der Waals surface area (Å²) < 4.78 is 0. The maximum Gasteiger partial charge on any atom is 0.133 e. The molecule has 124 valence electrons. The summed E-state index contributed by atoms with van der Waals surface area (Å²) in [6.07, 6.45) is 8.81. The van der Waals surface area contributed by atoms with Gasteiger partial charge in [-0.2, -0.15) is 0 Å². The molecule has 22 heavy (non-hydrogen) atoms. The second kappa shape index (κ2) is 5.04. The number of carbonyl (C=O) groups is 1. The molecule has 4 aliphatic rings. The number of hydrogen-bond donors (Lipinski definition) is 2. The topological polar surface area (TPSA) is 57.5 Å². The van der Waals surface area contributed by atoms with Crippen molar-refractivity contribution in [2.75, 3.05) is 6.61 Å². The first-order valence-electron chi connectivity index (χ1n) is 9.32. The Bertz CT molecular complexity index is 475. The monoisotopic (exact) mass is 306 g/mol. The van der Waals surface area contributed by atoms with Gasteiger partial charge in [0.15, 0.2) is 0 Å². The molecule has 0 radical (unpaired) electrons. The highest BCUT2D eigenvalue weighted by Crippen LogP contribution is 2.65. The molecule has 4 aliphatic carbocycles. The summed E-state index contributed by atoms with van der Waals surface area (Å²) in [6, 6.07) is 0. The number of aliphatic hydroxyl groups is 2. The zero-order valence-electron chi connectivity index (χ0n) is 13.8. The summed E-state index contributed by atoms with van der Waals surface area (Å²) in [5, 5.41) is 20.8. The molecule has 0 aromatic rings. The lowest BCUT2D eigenvalue weighted by Gasteiger charge is -2.60. The summed E-state index contributed by atoms with van der Waals surface area (Å²) in [6.45, 7) is 2.56. The van der Waals surface area contributed by atoms with Crippen molar-refractivity contribution in [3.63, 3.8) is 0 Å². The maximum atomic E-state index is 11.9. The number of aliphatic hydroxyl groups excluding tert-OH is 2. The van der Waals surface area contributed by atoms with Gasteiger partial charge in [0.05, 0.1) is 6.10 Å². The second-order valence-corrected chi connectivity index (χ2v) is 8.92. The lowest BCUT2D eigenvalue weighted by atomic mass is 9.45. The Balaban J connectivity index is 1.66. The highest BCUT2D eigenvalue weighted by atomic mass is 16.3. The predicted molar refractivity (Wildman–Crippen MR) is 84.2 cm³/mol. The first-order chi connectivity index (χ1) is 10.5. The van der Waals surface area contributed by atoms with Gasteiger partial charge in [-0.05, 0) is 74.0 Å². The molecule has 0 bridgehead atoms. The first-order valence-corrected chi connectivity index (χ1v) is 9.32. The second-order valence-electron chi connectivity index (χ2n) is 8.92. The van der Waals surface area contributed by atoms with E-state index in [2.05, 4.69) is 6.92 Å². The molecular weight excluding hydrogens is 276 g/mol. The van der Waals surface area contributed by atoms with Crippen molar-refractivity contribution in [3.05, 3.63) is 0 Å². The van der Waals surface area contributed by atoms with Crippen molar-refractivity contribution in [3.8, 4) is 0 Å². The molecule has 0 heterocycles. The van der Waals surface area contributed by atoms with Gasteiger partial charge in [0, 0.05) is 24.9 Å². The Labute approximate surface area is 133 Å². The summed E-state index contributed by atoms with van der Waals surface area (Å²) in [5.41, 5.74) is 0.112. The molecule has 4 fully saturated rings. The van der Waals surface area contributed by atoms with Crippen LogP contribution in [0.15, 0.2) is 0 Å². The first kappa shape index (κ1) is 15.1. The van der Waals surface area contributed by atoms with Crippen molar-refractivity contribution < 1.29 is 15.0 Å². The van der Waals surface area contributed by atoms with Crippen LogP contribution in [0, 0.1) is 34.5 Å². The van der Waals surface area contributed by atoms with Crippen LogP contribution in [0.5, 0.6) is 0 Å². The molecule has 0 aromatic carbocycles. The molecule has 4 rings (SSSR count). The third kappa shape index (κ3) is 1.84. The van der Waals surface area contributed by atoms with E-state index in [9.17, 15) is 15.0 Å². The van der Waals surface area contributed by atoms with Crippen LogP contribution < -0.4 is 0 Å². The van der Waals surface area contributed by atoms with Crippen molar-refractivity contribution in [1.82, 2.24) is 0 Å². The SMILES string of the molecule is C[C@]12CC[C@H]3[C@@H](CCC4CC(=O)CC[C@@]43CO)[C@@H]1CCC2O. The van der Waals surface area contributed by atoms with Gasteiger partial charge in [0.25, 0.3) is 0 Å². The Morgan fingerprint density at radius 3 is 2.68 bits per heavy atom. The van der Waals surface area contributed by atoms with Crippen molar-refractivity contribution in [2.45, 2.75) is 70.8 Å². The van der Waals surface area contributed by atoms with Crippen LogP contribution in [0.3, 0.4) is 0 Å². The van der Waals surface area contributed by atoms with Gasteiger partial charge in [0.2, 0.25) is 0 Å². The van der Waals surface area contributed by atoms with E-state index < -0.39 is 0 Å². The van der Waals surface area contributed by atoms with Gasteiger partial charge >= 0.3 is 0 Å². The van der Waals surface area contributed by atoms with E-state index in [-0.39, 0.29) is 23.5 Å². The van der Waals surface area contributed by atoms with E-state index in [0.29, 0.717) is 42.3 Å². The predicted octanol–water partition coefficient (Wildman–Crippen LogP) is 2.93. The Morgan fingerprint density at radius 1 is 1.09 bits per heavy atom. The molecule has 0 amide bonds. The highest BCUT2D eigenvalue weighted by molar-refractivity contribution is 5.79. The molecule has 0 saturated heterocycles. The summed E-state index contributed by atoms with van der Waals surface area (Å²) in [7, 11) is 0. The van der Waals surface area contributed by atoms with Gasteiger partial charge in [-0.1, -0.05) is 6.92 Å². The zero-order valence-corrected chi connectivity index (χ0v) is 13.8. The molecule has 3 heteroatoms. The Morgan fingerprint density at radius 2 is 1.91 bits per heavy atom. The molecular formula is C19H30O3. The molecule has 2 N–H and O–H groups in total. The van der Waals surface area contributed by atoms with E-state index in [1.54, 1.807) is 0 Å². The fourth-order valence-electron chi connectivity index (χ4n) is 7.13. The van der Waals surface area contributed by atoms with Gasteiger partial charge in [-0.25, -0.2) is 0 Å². The largest absolute Gasteiger partial charge is 0.396 e. The molecule has 0 spiro atoms. The van der Waals surface area contributed by atoms with Crippen molar-refractivity contribution in [2.24, 2.45) is 34.5 Å². The van der Waals surface area contributed by atoms with E-state index in [0.717, 1.165) is 38.5 Å². The van der Waals surface area contributed by atoms with Gasteiger partial charge in [0.1, 0.15) is 5.78 Å². The van der Waals surface area contributed by atoms with E-state index in [1.165, 1.54) is 6.42 Å². The lowest BCUT2D eigenvalue weighted by molar-refractivity contribution is -0.155. The van der Waals surface area contributed by atoms with Crippen LogP contribution in [0.25, 0.3) is 0 Å². The Hall–Kier alpha value is -0.410. The van der Waals surface area contributed by atoms with Crippen molar-refractivity contribution in [1.29, 1.82) is 0 Å². The molecule has 3 nitrogen and oxygen atoms in total. The van der Waals surface area contributed by atoms with Crippen LogP contribution in [0.1, 0.15) is 64.7 Å². The normalized spacial score (nSPS) is 54.5. The highest BCUT2D eigenvalue weighted by Gasteiger charge is 2.61. The van der Waals surface area contributed by atoms with Crippen LogP contribution in [-0.4, -0.2) is 28.7 Å². The number of carbonyl (C=O) groups excluding carboxylic acids is 1. The van der Waals surface area contributed by atoms with Gasteiger partial charge < -0.3 is 10.2 Å². The molecule has 7 atom stereocenters. The number of fused-ring (bicyclic) bond motifs is 5. The lowest BCUT2D eigenvalue weighted by Crippen LogP contribution is -2.56. The van der Waals surface area contributed by atoms with Gasteiger partial charge in [-0.15, -0.1) is 0 Å². The average molecular weight is 306 g/mol. The van der Waals surface area contributed by atoms with Crippen LogP contribution >= 0.6 is 0 Å². The third-order valence-corrected chi connectivity index (χ3v) is 8.42. The van der Waals surface area contributed by atoms with E-state index >= 15 is 0 Å². The number of ketones is 1. The standard InChI is InChI=1S/C19H30O3/c1-18-8-7-16-14(15(18)4-5-17(18)22)3-2-12-10-13(21)6-9-19(12,16)11-20/h12,14-17,20,22H,2-11H2,1H3/t12?,14-,15-,16-,17?,18-,19+/m0/s1. The minimum Gasteiger partial charge on any atom is -0.396 e. The third-order valence-electron chi connectivity index (χ3n) is 8.42. The summed E-state index contributed by atoms with van der Waals surface area (Å²) >= 11 is 0. The summed E-state index contributed by atoms with van der Waals surface area (Å²) in [5.74, 6) is 2.68. The van der Waals surface area contributed by atoms with Crippen LogP contribution in [0.4, 0.5) is 0 Å². The quantitative estimate of drug-likeness (QED) is 0.783. The molecule has 0 aliphatic heterocycles. The number of hydrogen-bond acceptors (Lipinski definition) is 3. The minimum atomic E-state index is -0.130. The average Bonchev–Trinajstić information content (AvgIpc) is 2.82. The maximum absolute atomic E-state index is 11.9. The fraction of sp³-hybridized carbons (Fsp3) is 0.947. The van der Waals surface area contributed by atoms with Gasteiger partial charge in [-0.3, -0.25) is 4.79 Å². The fourth-order valence-corrected chi connectivity index (χ4v) is 7.13.